The lowest BCUT2D eigenvalue weighted by Crippen LogP contribution is -2.20. The fourth-order valence-corrected chi connectivity index (χ4v) is 2.66. The number of nitrogens with zero attached hydrogens (tertiary/aromatic N) is 1. The zero-order valence-corrected chi connectivity index (χ0v) is 12.9. The van der Waals surface area contributed by atoms with Gasteiger partial charge in [-0.05, 0) is 30.7 Å². The van der Waals surface area contributed by atoms with Crippen molar-refractivity contribution in [2.75, 3.05) is 0 Å². The molecular weight excluding hydrogens is 338 g/mol. The molecule has 0 fully saturated rings. The molecular formula is C16H13BrF2N2. The van der Waals surface area contributed by atoms with E-state index in [1.165, 1.54) is 0 Å². The second-order valence-electron chi connectivity index (χ2n) is 4.65. The largest absolute Gasteiger partial charge is 0.306 e. The quantitative estimate of drug-likeness (QED) is 0.884. The Balaban J connectivity index is 2.14. The van der Waals surface area contributed by atoms with Crippen LogP contribution in [0.5, 0.6) is 0 Å². The summed E-state index contributed by atoms with van der Waals surface area (Å²) >= 11 is 3.45. The van der Waals surface area contributed by atoms with Gasteiger partial charge >= 0.3 is 0 Å². The predicted octanol–water partition coefficient (Wildman–Crippen LogP) is 4.45. The lowest BCUT2D eigenvalue weighted by atomic mass is 10.1. The van der Waals surface area contributed by atoms with Crippen LogP contribution in [0.2, 0.25) is 0 Å². The maximum absolute atomic E-state index is 13.8. The molecule has 0 aliphatic heterocycles. The van der Waals surface area contributed by atoms with Crippen molar-refractivity contribution in [3.63, 3.8) is 0 Å². The van der Waals surface area contributed by atoms with E-state index in [-0.39, 0.29) is 23.7 Å². The third-order valence-electron chi connectivity index (χ3n) is 3.23. The molecule has 21 heavy (non-hydrogen) atoms. The number of nitrogens with one attached hydrogen (secondary N) is 1. The highest BCUT2D eigenvalue weighted by Gasteiger charge is 2.14. The summed E-state index contributed by atoms with van der Waals surface area (Å²) in [7, 11) is 0. The molecule has 0 aliphatic carbocycles. The monoisotopic (exact) mass is 350 g/mol. The molecule has 1 N–H and O–H groups in total. The minimum absolute atomic E-state index is 0.0207. The first-order valence-electron chi connectivity index (χ1n) is 6.38. The molecule has 108 valence electrons. The molecule has 0 heterocycles. The molecule has 0 radical (unpaired) electrons. The Morgan fingerprint density at radius 1 is 1.24 bits per heavy atom. The van der Waals surface area contributed by atoms with Gasteiger partial charge in [-0.25, -0.2) is 8.78 Å². The van der Waals surface area contributed by atoms with E-state index >= 15 is 0 Å². The number of hydrogen-bond donors (Lipinski definition) is 1. The fourth-order valence-electron chi connectivity index (χ4n) is 2.03. The van der Waals surface area contributed by atoms with Crippen LogP contribution < -0.4 is 5.32 Å². The van der Waals surface area contributed by atoms with Gasteiger partial charge in [0, 0.05) is 22.6 Å². The third kappa shape index (κ3) is 3.66. The second kappa shape index (κ2) is 6.79. The fraction of sp³-hybridized carbons (Fsp3) is 0.188. The van der Waals surface area contributed by atoms with Crippen molar-refractivity contribution in [1.29, 1.82) is 5.26 Å². The van der Waals surface area contributed by atoms with Gasteiger partial charge in [0.2, 0.25) is 0 Å². The van der Waals surface area contributed by atoms with E-state index in [1.807, 2.05) is 31.2 Å². The first kappa shape index (κ1) is 15.6. The van der Waals surface area contributed by atoms with Gasteiger partial charge in [-0.1, -0.05) is 34.1 Å². The van der Waals surface area contributed by atoms with Gasteiger partial charge in [0.15, 0.2) is 0 Å². The highest BCUT2D eigenvalue weighted by atomic mass is 79.9. The summed E-state index contributed by atoms with van der Waals surface area (Å²) < 4.78 is 28.5. The first-order valence-corrected chi connectivity index (χ1v) is 7.18. The Hall–Kier alpha value is -1.77. The summed E-state index contributed by atoms with van der Waals surface area (Å²) in [6.45, 7) is 1.96. The smallest absolute Gasteiger partial charge is 0.131 e. The minimum Gasteiger partial charge on any atom is -0.306 e. The van der Waals surface area contributed by atoms with Crippen LogP contribution in [-0.2, 0) is 6.54 Å². The molecule has 2 aromatic rings. The van der Waals surface area contributed by atoms with E-state index in [9.17, 15) is 8.78 Å². The lowest BCUT2D eigenvalue weighted by molar-refractivity contribution is 0.508. The van der Waals surface area contributed by atoms with Crippen LogP contribution in [-0.4, -0.2) is 0 Å². The molecule has 0 amide bonds. The zero-order chi connectivity index (χ0) is 15.4. The summed E-state index contributed by atoms with van der Waals surface area (Å²) in [4.78, 5) is 0. The van der Waals surface area contributed by atoms with E-state index in [1.54, 1.807) is 6.07 Å². The average Bonchev–Trinajstić information content (AvgIpc) is 2.46. The molecule has 0 spiro atoms. The molecule has 0 saturated carbocycles. The molecule has 0 saturated heterocycles. The SMILES string of the molecule is C[C@H](NCc1c(F)cc(C#N)cc1F)c1ccccc1Br. The van der Waals surface area contributed by atoms with Crippen molar-refractivity contribution >= 4 is 15.9 Å². The Bertz CT molecular complexity index is 672. The topological polar surface area (TPSA) is 35.8 Å². The average molecular weight is 351 g/mol. The number of halogens is 3. The van der Waals surface area contributed by atoms with E-state index in [0.29, 0.717) is 0 Å². The van der Waals surface area contributed by atoms with Crippen LogP contribution >= 0.6 is 15.9 Å². The standard InChI is InChI=1S/C16H13BrF2N2/c1-10(12-4-2-3-5-14(12)17)21-9-13-15(18)6-11(8-20)7-16(13)19/h2-7,10,21H,9H2,1H3/t10-/m0/s1. The molecule has 0 aromatic heterocycles. The van der Waals surface area contributed by atoms with Gasteiger partial charge in [-0.15, -0.1) is 0 Å². The Morgan fingerprint density at radius 2 is 1.86 bits per heavy atom. The normalized spacial score (nSPS) is 12.0. The van der Waals surface area contributed by atoms with Crippen LogP contribution in [0, 0.1) is 23.0 Å². The van der Waals surface area contributed by atoms with Gasteiger partial charge in [0.25, 0.3) is 0 Å². The van der Waals surface area contributed by atoms with E-state index < -0.39 is 11.6 Å². The summed E-state index contributed by atoms with van der Waals surface area (Å²) in [6, 6.07) is 11.4. The maximum atomic E-state index is 13.8. The van der Waals surface area contributed by atoms with Crippen molar-refractivity contribution in [3.8, 4) is 6.07 Å². The molecule has 1 atom stereocenters. The molecule has 0 aliphatic rings. The highest BCUT2D eigenvalue weighted by Crippen LogP contribution is 2.23. The third-order valence-corrected chi connectivity index (χ3v) is 3.95. The molecule has 5 heteroatoms. The maximum Gasteiger partial charge on any atom is 0.131 e. The number of rotatable bonds is 4. The van der Waals surface area contributed by atoms with Crippen LogP contribution in [0.3, 0.4) is 0 Å². The Morgan fingerprint density at radius 3 is 2.43 bits per heavy atom. The Labute approximate surface area is 130 Å². The van der Waals surface area contributed by atoms with Crippen molar-refractivity contribution in [2.24, 2.45) is 0 Å². The van der Waals surface area contributed by atoms with Gasteiger partial charge in [0.1, 0.15) is 11.6 Å². The van der Waals surface area contributed by atoms with E-state index in [2.05, 4.69) is 21.2 Å². The van der Waals surface area contributed by atoms with Crippen LogP contribution in [0.15, 0.2) is 40.9 Å². The number of benzene rings is 2. The van der Waals surface area contributed by atoms with Crippen LogP contribution in [0.1, 0.15) is 29.7 Å². The second-order valence-corrected chi connectivity index (χ2v) is 5.51. The number of nitriles is 1. The van der Waals surface area contributed by atoms with Crippen molar-refractivity contribution in [1.82, 2.24) is 5.32 Å². The summed E-state index contributed by atoms with van der Waals surface area (Å²) in [5.74, 6) is -1.42. The summed E-state index contributed by atoms with van der Waals surface area (Å²) in [5, 5.41) is 11.8. The zero-order valence-electron chi connectivity index (χ0n) is 11.3. The highest BCUT2D eigenvalue weighted by molar-refractivity contribution is 9.10. The number of hydrogen-bond acceptors (Lipinski definition) is 2. The summed E-state index contributed by atoms with van der Waals surface area (Å²) in [6.07, 6.45) is 0. The lowest BCUT2D eigenvalue weighted by Gasteiger charge is -2.16. The molecule has 0 unspecified atom stereocenters. The van der Waals surface area contributed by atoms with Crippen molar-refractivity contribution in [2.45, 2.75) is 19.5 Å². The van der Waals surface area contributed by atoms with Gasteiger partial charge in [0.05, 0.1) is 11.6 Å². The van der Waals surface area contributed by atoms with E-state index in [0.717, 1.165) is 22.2 Å². The van der Waals surface area contributed by atoms with E-state index in [4.69, 9.17) is 5.26 Å². The first-order chi connectivity index (χ1) is 10.0. The predicted molar refractivity (Wildman–Crippen MR) is 80.5 cm³/mol. The minimum atomic E-state index is -0.710. The molecule has 2 rings (SSSR count). The van der Waals surface area contributed by atoms with Crippen molar-refractivity contribution < 1.29 is 8.78 Å². The van der Waals surface area contributed by atoms with Gasteiger partial charge in [-0.2, -0.15) is 5.26 Å². The van der Waals surface area contributed by atoms with Crippen molar-refractivity contribution in [3.05, 3.63) is 69.2 Å². The molecule has 2 aromatic carbocycles. The van der Waals surface area contributed by atoms with Crippen LogP contribution in [0.25, 0.3) is 0 Å². The Kier molecular flexibility index (Phi) is 5.05. The van der Waals surface area contributed by atoms with Gasteiger partial charge < -0.3 is 5.32 Å². The van der Waals surface area contributed by atoms with Gasteiger partial charge in [-0.3, -0.25) is 0 Å². The summed E-state index contributed by atoms with van der Waals surface area (Å²) in [5.41, 5.74) is 0.924. The molecule has 2 nitrogen and oxygen atoms in total. The van der Waals surface area contributed by atoms with Crippen LogP contribution in [0.4, 0.5) is 8.78 Å². The molecule has 0 bridgehead atoms.